The van der Waals surface area contributed by atoms with Gasteiger partial charge in [-0.1, -0.05) is 34.1 Å². The summed E-state index contributed by atoms with van der Waals surface area (Å²) in [6.07, 6.45) is 1.41. The van der Waals surface area contributed by atoms with E-state index in [0.29, 0.717) is 32.5 Å². The Bertz CT molecular complexity index is 441. The largest absolute Gasteiger partial charge is 0.469 e. The predicted molar refractivity (Wildman–Crippen MR) is 73.7 cm³/mol. The second kappa shape index (κ2) is 6.50. The van der Waals surface area contributed by atoms with Gasteiger partial charge in [0.2, 0.25) is 0 Å². The molecule has 0 bridgehead atoms. The lowest BCUT2D eigenvalue weighted by molar-refractivity contribution is -0.169. The van der Waals surface area contributed by atoms with E-state index in [1.54, 1.807) is 0 Å². The normalized spacial score (nSPS) is 17.4. The van der Waals surface area contributed by atoms with Crippen LogP contribution in [0.1, 0.15) is 18.4 Å². The number of ether oxygens (including phenoxy) is 3. The van der Waals surface area contributed by atoms with Crippen molar-refractivity contribution in [2.75, 3.05) is 20.3 Å². The van der Waals surface area contributed by atoms with Gasteiger partial charge >= 0.3 is 5.97 Å². The molecule has 104 valence electrons. The molecule has 0 saturated carbocycles. The first-order valence-electron chi connectivity index (χ1n) is 6.23. The molecule has 0 unspecified atom stereocenters. The summed E-state index contributed by atoms with van der Waals surface area (Å²) in [4.78, 5) is 11.3. The molecule has 0 N–H and O–H groups in total. The van der Waals surface area contributed by atoms with E-state index in [-0.39, 0.29) is 5.97 Å². The van der Waals surface area contributed by atoms with Gasteiger partial charge in [0.25, 0.3) is 0 Å². The topological polar surface area (TPSA) is 44.8 Å². The van der Waals surface area contributed by atoms with Crippen molar-refractivity contribution < 1.29 is 19.0 Å². The first-order chi connectivity index (χ1) is 9.15. The Balaban J connectivity index is 2.07. The van der Waals surface area contributed by atoms with E-state index in [2.05, 4.69) is 20.7 Å². The van der Waals surface area contributed by atoms with Crippen LogP contribution in [0, 0.1) is 0 Å². The van der Waals surface area contributed by atoms with Crippen LogP contribution in [0.4, 0.5) is 0 Å². The number of rotatable bonds is 5. The number of methoxy groups -OCH3 is 1. The molecular weight excluding hydrogens is 312 g/mol. The molecule has 1 aliphatic heterocycles. The van der Waals surface area contributed by atoms with Crippen molar-refractivity contribution in [1.29, 1.82) is 0 Å². The van der Waals surface area contributed by atoms with Gasteiger partial charge in [0.15, 0.2) is 5.79 Å². The van der Waals surface area contributed by atoms with E-state index in [0.717, 1.165) is 10.0 Å². The maximum atomic E-state index is 11.3. The van der Waals surface area contributed by atoms with Gasteiger partial charge in [-0.2, -0.15) is 0 Å². The molecule has 5 heteroatoms. The van der Waals surface area contributed by atoms with Gasteiger partial charge in [-0.3, -0.25) is 4.79 Å². The van der Waals surface area contributed by atoms with Crippen LogP contribution in [0.25, 0.3) is 0 Å². The Morgan fingerprint density at radius 1 is 1.37 bits per heavy atom. The van der Waals surface area contributed by atoms with Crippen LogP contribution in [0.3, 0.4) is 0 Å². The number of benzene rings is 1. The number of esters is 1. The van der Waals surface area contributed by atoms with Gasteiger partial charge in [-0.05, 0) is 11.6 Å². The summed E-state index contributed by atoms with van der Waals surface area (Å²) in [6, 6.07) is 7.95. The lowest BCUT2D eigenvalue weighted by Crippen LogP contribution is -2.34. The van der Waals surface area contributed by atoms with Gasteiger partial charge in [0.05, 0.1) is 26.7 Å². The van der Waals surface area contributed by atoms with Gasteiger partial charge in [0.1, 0.15) is 0 Å². The molecule has 1 saturated heterocycles. The Morgan fingerprint density at radius 2 is 2.05 bits per heavy atom. The fourth-order valence-electron chi connectivity index (χ4n) is 2.16. The van der Waals surface area contributed by atoms with Crippen LogP contribution in [0.15, 0.2) is 28.7 Å². The van der Waals surface area contributed by atoms with E-state index < -0.39 is 5.79 Å². The summed E-state index contributed by atoms with van der Waals surface area (Å²) in [5, 5.41) is 0. The van der Waals surface area contributed by atoms with Crippen molar-refractivity contribution >= 4 is 21.9 Å². The van der Waals surface area contributed by atoms with E-state index >= 15 is 0 Å². The molecule has 1 aromatic rings. The minimum absolute atomic E-state index is 0.245. The first kappa shape index (κ1) is 14.5. The SMILES string of the molecule is COC(=O)CCC1(Cc2ccccc2Br)OCCO1. The van der Waals surface area contributed by atoms with Crippen LogP contribution in [0.2, 0.25) is 0 Å². The van der Waals surface area contributed by atoms with Crippen LogP contribution in [-0.2, 0) is 25.4 Å². The zero-order valence-electron chi connectivity index (χ0n) is 10.9. The van der Waals surface area contributed by atoms with E-state index in [9.17, 15) is 4.79 Å². The minimum atomic E-state index is -0.710. The highest BCUT2D eigenvalue weighted by Crippen LogP contribution is 2.31. The third-order valence-electron chi connectivity index (χ3n) is 3.17. The average molecular weight is 329 g/mol. The monoisotopic (exact) mass is 328 g/mol. The summed E-state index contributed by atoms with van der Waals surface area (Å²) in [5.74, 6) is -0.955. The third-order valence-corrected chi connectivity index (χ3v) is 3.94. The zero-order chi connectivity index (χ0) is 13.7. The van der Waals surface area contributed by atoms with Gasteiger partial charge in [0, 0.05) is 17.3 Å². The average Bonchev–Trinajstić information content (AvgIpc) is 2.88. The van der Waals surface area contributed by atoms with Crippen LogP contribution in [-0.4, -0.2) is 32.1 Å². The van der Waals surface area contributed by atoms with Crippen molar-refractivity contribution in [1.82, 2.24) is 0 Å². The molecule has 1 fully saturated rings. The molecule has 4 nitrogen and oxygen atoms in total. The third kappa shape index (κ3) is 3.78. The second-order valence-electron chi connectivity index (χ2n) is 4.45. The van der Waals surface area contributed by atoms with Crippen molar-refractivity contribution in [2.24, 2.45) is 0 Å². The van der Waals surface area contributed by atoms with E-state index in [1.165, 1.54) is 7.11 Å². The summed E-state index contributed by atoms with van der Waals surface area (Å²) in [7, 11) is 1.39. The molecule has 1 aromatic carbocycles. The lowest BCUT2D eigenvalue weighted by atomic mass is 10.0. The molecule has 0 aliphatic carbocycles. The fourth-order valence-corrected chi connectivity index (χ4v) is 2.58. The quantitative estimate of drug-likeness (QED) is 0.779. The van der Waals surface area contributed by atoms with E-state index in [4.69, 9.17) is 9.47 Å². The lowest BCUT2D eigenvalue weighted by Gasteiger charge is -2.27. The summed E-state index contributed by atoms with van der Waals surface area (Å²) >= 11 is 3.52. The Morgan fingerprint density at radius 3 is 2.68 bits per heavy atom. The van der Waals surface area contributed by atoms with Crippen LogP contribution in [0.5, 0.6) is 0 Å². The second-order valence-corrected chi connectivity index (χ2v) is 5.31. The first-order valence-corrected chi connectivity index (χ1v) is 7.03. The molecule has 19 heavy (non-hydrogen) atoms. The summed E-state index contributed by atoms with van der Waals surface area (Å²) in [5.41, 5.74) is 1.11. The Labute approximate surface area is 121 Å². The molecule has 2 rings (SSSR count). The highest BCUT2D eigenvalue weighted by atomic mass is 79.9. The maximum Gasteiger partial charge on any atom is 0.305 e. The molecule has 1 aliphatic rings. The molecule has 0 aromatic heterocycles. The molecule has 0 amide bonds. The number of carbonyl (C=O) groups is 1. The van der Waals surface area contributed by atoms with Gasteiger partial charge < -0.3 is 14.2 Å². The Hall–Kier alpha value is -0.910. The predicted octanol–water partition coefficient (Wildman–Crippen LogP) is 2.69. The van der Waals surface area contributed by atoms with E-state index in [1.807, 2.05) is 24.3 Å². The zero-order valence-corrected chi connectivity index (χ0v) is 12.4. The standard InChI is InChI=1S/C14H17BrO4/c1-17-13(16)6-7-14(18-8-9-19-14)10-11-4-2-3-5-12(11)15/h2-5H,6-10H2,1H3. The molecule has 0 spiro atoms. The smallest absolute Gasteiger partial charge is 0.305 e. The number of carbonyl (C=O) groups excluding carboxylic acids is 1. The van der Waals surface area contributed by atoms with Gasteiger partial charge in [-0.15, -0.1) is 0 Å². The highest BCUT2D eigenvalue weighted by molar-refractivity contribution is 9.10. The van der Waals surface area contributed by atoms with Crippen molar-refractivity contribution in [3.05, 3.63) is 34.3 Å². The minimum Gasteiger partial charge on any atom is -0.469 e. The fraction of sp³-hybridized carbons (Fsp3) is 0.500. The number of hydrogen-bond acceptors (Lipinski definition) is 4. The number of halogens is 1. The Kier molecular flexibility index (Phi) is 4.96. The van der Waals surface area contributed by atoms with Crippen molar-refractivity contribution in [3.8, 4) is 0 Å². The molecule has 0 radical (unpaired) electrons. The van der Waals surface area contributed by atoms with Crippen LogP contribution < -0.4 is 0 Å². The maximum absolute atomic E-state index is 11.3. The van der Waals surface area contributed by atoms with Crippen molar-refractivity contribution in [2.45, 2.75) is 25.0 Å². The number of hydrogen-bond donors (Lipinski definition) is 0. The summed E-state index contributed by atoms with van der Waals surface area (Å²) in [6.45, 7) is 1.12. The molecular formula is C14H17BrO4. The highest BCUT2D eigenvalue weighted by Gasteiger charge is 2.37. The molecule has 1 heterocycles. The van der Waals surface area contributed by atoms with Crippen molar-refractivity contribution in [3.63, 3.8) is 0 Å². The molecule has 0 atom stereocenters. The summed E-state index contributed by atoms with van der Waals surface area (Å²) < 4.78 is 17.2. The van der Waals surface area contributed by atoms with Crippen LogP contribution >= 0.6 is 15.9 Å². The van der Waals surface area contributed by atoms with Gasteiger partial charge in [-0.25, -0.2) is 0 Å².